The van der Waals surface area contributed by atoms with Crippen LogP contribution >= 0.6 is 0 Å². The Morgan fingerprint density at radius 1 is 1.42 bits per heavy atom. The predicted octanol–water partition coefficient (Wildman–Crippen LogP) is 0.680. The van der Waals surface area contributed by atoms with Crippen molar-refractivity contribution >= 4 is 11.6 Å². The van der Waals surface area contributed by atoms with E-state index in [1.807, 2.05) is 25.8 Å². The summed E-state index contributed by atoms with van der Waals surface area (Å²) in [5.74, 6) is -0.0684. The summed E-state index contributed by atoms with van der Waals surface area (Å²) in [6, 6.07) is 0. The smallest absolute Gasteiger partial charge is 0.238 e. The van der Waals surface area contributed by atoms with Crippen LogP contribution in [0.15, 0.2) is 0 Å². The third-order valence-corrected chi connectivity index (χ3v) is 3.10. The van der Waals surface area contributed by atoms with Crippen LogP contribution in [-0.2, 0) is 11.8 Å². The minimum absolute atomic E-state index is 0.0677. The van der Waals surface area contributed by atoms with Crippen LogP contribution in [0.25, 0.3) is 0 Å². The van der Waals surface area contributed by atoms with Gasteiger partial charge in [0.15, 0.2) is 0 Å². The van der Waals surface area contributed by atoms with Gasteiger partial charge in [0.2, 0.25) is 5.91 Å². The van der Waals surface area contributed by atoms with E-state index in [1.165, 1.54) is 0 Å². The molecule has 0 aliphatic rings. The number of hydrogen-bond acceptors (Lipinski definition) is 4. The van der Waals surface area contributed by atoms with Crippen LogP contribution in [0.4, 0.5) is 5.69 Å². The number of aryl methyl sites for hydroxylation is 2. The molecular weight excluding hydrogens is 244 g/mol. The lowest BCUT2D eigenvalue weighted by molar-refractivity contribution is -0.117. The molecule has 1 rings (SSSR count). The fourth-order valence-corrected chi connectivity index (χ4v) is 2.06. The Hall–Kier alpha value is -1.40. The van der Waals surface area contributed by atoms with Gasteiger partial charge in [-0.25, -0.2) is 0 Å². The number of aromatic nitrogens is 2. The molecule has 6 heteroatoms. The summed E-state index contributed by atoms with van der Waals surface area (Å²) >= 11 is 0. The summed E-state index contributed by atoms with van der Waals surface area (Å²) in [7, 11) is 1.85. The Morgan fingerprint density at radius 2 is 2.11 bits per heavy atom. The lowest BCUT2D eigenvalue weighted by atomic mass is 10.3. The molecule has 19 heavy (non-hydrogen) atoms. The summed E-state index contributed by atoms with van der Waals surface area (Å²) in [5.41, 5.74) is 2.54. The largest absolute Gasteiger partial charge is 0.395 e. The van der Waals surface area contributed by atoms with E-state index in [4.69, 9.17) is 5.11 Å². The van der Waals surface area contributed by atoms with E-state index in [1.54, 1.807) is 4.68 Å². The Bertz CT molecular complexity index is 423. The van der Waals surface area contributed by atoms with Gasteiger partial charge in [-0.2, -0.15) is 5.10 Å². The molecular formula is C13H24N4O2. The van der Waals surface area contributed by atoms with Crippen molar-refractivity contribution in [1.29, 1.82) is 0 Å². The third kappa shape index (κ3) is 4.33. The maximum atomic E-state index is 12.0. The van der Waals surface area contributed by atoms with Crippen molar-refractivity contribution in [2.75, 3.05) is 31.6 Å². The average molecular weight is 268 g/mol. The van der Waals surface area contributed by atoms with Crippen LogP contribution < -0.4 is 5.32 Å². The second kappa shape index (κ2) is 7.25. The molecule has 6 nitrogen and oxygen atoms in total. The summed E-state index contributed by atoms with van der Waals surface area (Å²) in [5, 5.41) is 16.1. The Balaban J connectivity index is 2.63. The number of rotatable bonds is 7. The van der Waals surface area contributed by atoms with Gasteiger partial charge in [0.25, 0.3) is 0 Å². The Morgan fingerprint density at radius 3 is 2.58 bits per heavy atom. The van der Waals surface area contributed by atoms with E-state index in [0.29, 0.717) is 13.1 Å². The number of aliphatic hydroxyl groups excluding tert-OH is 1. The van der Waals surface area contributed by atoms with Crippen molar-refractivity contribution in [3.8, 4) is 0 Å². The van der Waals surface area contributed by atoms with Crippen molar-refractivity contribution in [2.45, 2.75) is 27.2 Å². The van der Waals surface area contributed by atoms with Crippen molar-refractivity contribution < 1.29 is 9.90 Å². The maximum Gasteiger partial charge on any atom is 0.238 e. The first-order valence-electron chi connectivity index (χ1n) is 6.62. The molecule has 2 N–H and O–H groups in total. The molecule has 0 fully saturated rings. The first-order chi connectivity index (χ1) is 8.99. The van der Waals surface area contributed by atoms with Gasteiger partial charge in [-0.05, 0) is 26.8 Å². The normalized spacial score (nSPS) is 11.1. The van der Waals surface area contributed by atoms with E-state index in [0.717, 1.165) is 30.0 Å². The van der Waals surface area contributed by atoms with Gasteiger partial charge in [0.05, 0.1) is 30.2 Å². The molecule has 0 spiro atoms. The van der Waals surface area contributed by atoms with Gasteiger partial charge in [-0.3, -0.25) is 14.4 Å². The lowest BCUT2D eigenvalue weighted by Gasteiger charge is -2.19. The van der Waals surface area contributed by atoms with Gasteiger partial charge >= 0.3 is 0 Å². The molecule has 1 heterocycles. The lowest BCUT2D eigenvalue weighted by Crippen LogP contribution is -2.35. The monoisotopic (exact) mass is 268 g/mol. The van der Waals surface area contributed by atoms with Crippen molar-refractivity contribution in [1.82, 2.24) is 14.7 Å². The number of aliphatic hydroxyl groups is 1. The molecule has 0 aromatic carbocycles. The van der Waals surface area contributed by atoms with E-state index in [2.05, 4.69) is 17.3 Å². The molecule has 1 amide bonds. The van der Waals surface area contributed by atoms with Crippen molar-refractivity contribution in [3.63, 3.8) is 0 Å². The average Bonchev–Trinajstić information content (AvgIpc) is 2.57. The number of carbonyl (C=O) groups excluding carboxylic acids is 1. The second-order valence-electron chi connectivity index (χ2n) is 4.72. The number of carbonyl (C=O) groups is 1. The molecule has 0 unspecified atom stereocenters. The summed E-state index contributed by atoms with van der Waals surface area (Å²) in [4.78, 5) is 14.0. The third-order valence-electron chi connectivity index (χ3n) is 3.10. The maximum absolute atomic E-state index is 12.0. The number of amides is 1. The minimum atomic E-state index is -0.0684. The summed E-state index contributed by atoms with van der Waals surface area (Å²) in [6.07, 6.45) is 0.957. The fourth-order valence-electron chi connectivity index (χ4n) is 2.06. The number of anilines is 1. The van der Waals surface area contributed by atoms with Gasteiger partial charge in [0, 0.05) is 13.6 Å². The standard InChI is InChI=1S/C13H24N4O2/c1-5-6-17(7-8-18)9-12(19)14-13-10(2)15-16(4)11(13)3/h18H,5-9H2,1-4H3,(H,14,19). The SMILES string of the molecule is CCCN(CCO)CC(=O)Nc1c(C)nn(C)c1C. The van der Waals surface area contributed by atoms with E-state index in [-0.39, 0.29) is 12.5 Å². The molecule has 0 aliphatic heterocycles. The van der Waals surface area contributed by atoms with Gasteiger partial charge in [-0.1, -0.05) is 6.92 Å². The predicted molar refractivity (Wildman–Crippen MR) is 75.1 cm³/mol. The van der Waals surface area contributed by atoms with Crippen LogP contribution in [0, 0.1) is 13.8 Å². The molecule has 0 saturated carbocycles. The zero-order valence-corrected chi connectivity index (χ0v) is 12.2. The highest BCUT2D eigenvalue weighted by Gasteiger charge is 2.14. The highest BCUT2D eigenvalue weighted by molar-refractivity contribution is 5.93. The molecule has 0 atom stereocenters. The molecule has 1 aromatic heterocycles. The number of nitrogens with zero attached hydrogens (tertiary/aromatic N) is 3. The molecule has 0 radical (unpaired) electrons. The highest BCUT2D eigenvalue weighted by Crippen LogP contribution is 2.18. The quantitative estimate of drug-likeness (QED) is 0.763. The van der Waals surface area contributed by atoms with Crippen LogP contribution in [0.1, 0.15) is 24.7 Å². The van der Waals surface area contributed by atoms with Gasteiger partial charge < -0.3 is 10.4 Å². The Kier molecular flexibility index (Phi) is 5.98. The minimum Gasteiger partial charge on any atom is -0.395 e. The molecule has 0 aliphatic carbocycles. The number of nitrogens with one attached hydrogen (secondary N) is 1. The number of hydrogen-bond donors (Lipinski definition) is 2. The molecule has 1 aromatic rings. The van der Waals surface area contributed by atoms with E-state index < -0.39 is 0 Å². The van der Waals surface area contributed by atoms with E-state index >= 15 is 0 Å². The fraction of sp³-hybridized carbons (Fsp3) is 0.692. The topological polar surface area (TPSA) is 70.4 Å². The van der Waals surface area contributed by atoms with Crippen molar-refractivity contribution in [3.05, 3.63) is 11.4 Å². The summed E-state index contributed by atoms with van der Waals surface area (Å²) in [6.45, 7) is 7.54. The van der Waals surface area contributed by atoms with E-state index in [9.17, 15) is 4.79 Å². The van der Waals surface area contributed by atoms with Crippen LogP contribution in [0.2, 0.25) is 0 Å². The molecule has 0 bridgehead atoms. The van der Waals surface area contributed by atoms with Crippen LogP contribution in [0.3, 0.4) is 0 Å². The first kappa shape index (κ1) is 15.7. The summed E-state index contributed by atoms with van der Waals surface area (Å²) < 4.78 is 1.75. The zero-order valence-electron chi connectivity index (χ0n) is 12.2. The van der Waals surface area contributed by atoms with Gasteiger partial charge in [0.1, 0.15) is 0 Å². The van der Waals surface area contributed by atoms with Crippen molar-refractivity contribution in [2.24, 2.45) is 7.05 Å². The molecule has 108 valence electrons. The molecule has 0 saturated heterocycles. The van der Waals surface area contributed by atoms with Crippen LogP contribution in [-0.4, -0.2) is 51.9 Å². The van der Waals surface area contributed by atoms with Crippen LogP contribution in [0.5, 0.6) is 0 Å². The van der Waals surface area contributed by atoms with Gasteiger partial charge in [-0.15, -0.1) is 0 Å². The zero-order chi connectivity index (χ0) is 14.4. The second-order valence-corrected chi connectivity index (χ2v) is 4.72. The Labute approximate surface area is 114 Å². The first-order valence-corrected chi connectivity index (χ1v) is 6.62. The highest BCUT2D eigenvalue weighted by atomic mass is 16.3.